The van der Waals surface area contributed by atoms with E-state index >= 15 is 0 Å². The minimum atomic E-state index is -0.425. The zero-order chi connectivity index (χ0) is 12.3. The lowest BCUT2D eigenvalue weighted by atomic mass is 10.2. The van der Waals surface area contributed by atoms with Gasteiger partial charge in [-0.2, -0.15) is 0 Å². The molecule has 4 nitrogen and oxygen atoms in total. The van der Waals surface area contributed by atoms with Crippen LogP contribution in [-0.4, -0.2) is 36.5 Å². The summed E-state index contributed by atoms with van der Waals surface area (Å²) < 4.78 is 10.8. The van der Waals surface area contributed by atoms with E-state index in [2.05, 4.69) is 9.72 Å². The molecular formula is C10H12ClNO3S2. The fourth-order valence-electron chi connectivity index (χ4n) is 1.49. The number of thioether (sulfide) groups is 1. The van der Waals surface area contributed by atoms with E-state index in [1.165, 1.54) is 18.4 Å². The van der Waals surface area contributed by atoms with Gasteiger partial charge in [-0.1, -0.05) is 34.7 Å². The summed E-state index contributed by atoms with van der Waals surface area (Å²) in [4.78, 5) is 15.9. The van der Waals surface area contributed by atoms with E-state index in [0.29, 0.717) is 10.1 Å². The molecule has 0 amide bonds. The van der Waals surface area contributed by atoms with Crippen LogP contribution < -0.4 is 0 Å². The third kappa shape index (κ3) is 3.34. The van der Waals surface area contributed by atoms with E-state index < -0.39 is 5.97 Å². The molecule has 1 aromatic rings. The van der Waals surface area contributed by atoms with E-state index in [-0.39, 0.29) is 5.15 Å². The molecule has 1 saturated heterocycles. The minimum Gasteiger partial charge on any atom is -0.465 e. The maximum absolute atomic E-state index is 11.4. The number of carbonyl (C=O) groups is 1. The summed E-state index contributed by atoms with van der Waals surface area (Å²) in [6.07, 6.45) is 2.02. The van der Waals surface area contributed by atoms with Crippen LogP contribution in [0.1, 0.15) is 22.5 Å². The van der Waals surface area contributed by atoms with Crippen molar-refractivity contribution in [2.24, 2.45) is 0 Å². The van der Waals surface area contributed by atoms with Crippen molar-refractivity contribution in [2.45, 2.75) is 22.4 Å². The van der Waals surface area contributed by atoms with Gasteiger partial charge in [-0.15, -0.1) is 0 Å². The van der Waals surface area contributed by atoms with Crippen LogP contribution in [-0.2, 0) is 9.47 Å². The molecule has 0 saturated carbocycles. The Kier molecular flexibility index (Phi) is 4.67. The zero-order valence-electron chi connectivity index (χ0n) is 9.27. The highest BCUT2D eigenvalue weighted by Gasteiger charge is 2.21. The van der Waals surface area contributed by atoms with Crippen LogP contribution in [0.5, 0.6) is 0 Å². The summed E-state index contributed by atoms with van der Waals surface area (Å²) in [6, 6.07) is 0. The number of aromatic nitrogens is 1. The number of esters is 1. The first-order valence-corrected chi connectivity index (χ1v) is 7.27. The Bertz CT molecular complexity index is 404. The van der Waals surface area contributed by atoms with Crippen molar-refractivity contribution in [3.63, 3.8) is 0 Å². The van der Waals surface area contributed by atoms with E-state index in [1.807, 2.05) is 0 Å². The Labute approximate surface area is 113 Å². The summed E-state index contributed by atoms with van der Waals surface area (Å²) >= 11 is 8.85. The van der Waals surface area contributed by atoms with Crippen molar-refractivity contribution in [3.8, 4) is 0 Å². The van der Waals surface area contributed by atoms with Gasteiger partial charge in [0.25, 0.3) is 0 Å². The molecule has 2 heterocycles. The minimum absolute atomic E-state index is 0.233. The van der Waals surface area contributed by atoms with Crippen LogP contribution >= 0.6 is 34.7 Å². The van der Waals surface area contributed by atoms with Gasteiger partial charge in [-0.25, -0.2) is 9.78 Å². The summed E-state index contributed by atoms with van der Waals surface area (Å²) in [5.41, 5.74) is 0. The van der Waals surface area contributed by atoms with Crippen LogP contribution in [0, 0.1) is 0 Å². The highest BCUT2D eigenvalue weighted by Crippen LogP contribution is 2.35. The summed E-state index contributed by atoms with van der Waals surface area (Å²) in [5.74, 6) is -0.425. The second kappa shape index (κ2) is 6.04. The molecule has 94 valence electrons. The number of hydrogen-bond donors (Lipinski definition) is 0. The average Bonchev–Trinajstić information content (AvgIpc) is 2.70. The predicted octanol–water partition coefficient (Wildman–Crippen LogP) is 2.85. The van der Waals surface area contributed by atoms with E-state index in [1.54, 1.807) is 11.8 Å². The molecule has 1 aliphatic heterocycles. The van der Waals surface area contributed by atoms with Gasteiger partial charge < -0.3 is 9.47 Å². The van der Waals surface area contributed by atoms with Gasteiger partial charge in [-0.05, 0) is 12.8 Å². The van der Waals surface area contributed by atoms with Crippen molar-refractivity contribution >= 4 is 40.7 Å². The lowest BCUT2D eigenvalue weighted by Crippen LogP contribution is -2.17. The Morgan fingerprint density at radius 3 is 2.94 bits per heavy atom. The maximum atomic E-state index is 11.4. The third-order valence-corrected chi connectivity index (χ3v) is 5.22. The van der Waals surface area contributed by atoms with Crippen molar-refractivity contribution in [3.05, 3.63) is 10.0 Å². The van der Waals surface area contributed by atoms with Gasteiger partial charge in [0.1, 0.15) is 0 Å². The molecule has 0 atom stereocenters. The van der Waals surface area contributed by atoms with E-state index in [0.717, 1.165) is 30.4 Å². The van der Waals surface area contributed by atoms with Crippen molar-refractivity contribution in [1.82, 2.24) is 4.98 Å². The van der Waals surface area contributed by atoms with E-state index in [4.69, 9.17) is 16.3 Å². The fourth-order valence-corrected chi connectivity index (χ4v) is 4.18. The molecule has 0 radical (unpaired) electrons. The van der Waals surface area contributed by atoms with Crippen molar-refractivity contribution in [1.29, 1.82) is 0 Å². The number of halogens is 1. The number of carbonyl (C=O) groups excluding carboxylic acids is 1. The average molecular weight is 294 g/mol. The first kappa shape index (κ1) is 13.1. The summed E-state index contributed by atoms with van der Waals surface area (Å²) in [7, 11) is 1.34. The highest BCUT2D eigenvalue weighted by atomic mass is 35.5. The van der Waals surface area contributed by atoms with Crippen molar-refractivity contribution in [2.75, 3.05) is 20.3 Å². The maximum Gasteiger partial charge on any atom is 0.351 e. The van der Waals surface area contributed by atoms with Gasteiger partial charge in [0, 0.05) is 18.5 Å². The molecule has 1 fully saturated rings. The third-order valence-electron chi connectivity index (χ3n) is 2.37. The second-order valence-electron chi connectivity index (χ2n) is 3.52. The van der Waals surface area contributed by atoms with Gasteiger partial charge in [-0.3, -0.25) is 0 Å². The molecule has 17 heavy (non-hydrogen) atoms. The monoisotopic (exact) mass is 293 g/mol. The lowest BCUT2D eigenvalue weighted by Gasteiger charge is -2.19. The molecule has 1 aromatic heterocycles. The first-order valence-electron chi connectivity index (χ1n) is 5.19. The molecule has 0 spiro atoms. The quantitative estimate of drug-likeness (QED) is 0.802. The number of thiazole rings is 1. The van der Waals surface area contributed by atoms with Crippen LogP contribution in [0.25, 0.3) is 0 Å². The molecule has 0 bridgehead atoms. The standard InChI is InChI=1S/C10H12ClNO3S2/c1-14-9(13)7-8(11)12-10(17-7)16-6-2-4-15-5-3-6/h6H,2-5H2,1H3. The fraction of sp³-hybridized carbons (Fsp3) is 0.600. The molecule has 0 N–H and O–H groups in total. The SMILES string of the molecule is COC(=O)c1sc(SC2CCOCC2)nc1Cl. The zero-order valence-corrected chi connectivity index (χ0v) is 11.7. The molecule has 1 aliphatic rings. The topological polar surface area (TPSA) is 48.4 Å². The largest absolute Gasteiger partial charge is 0.465 e. The number of rotatable bonds is 3. The predicted molar refractivity (Wildman–Crippen MR) is 68.2 cm³/mol. The second-order valence-corrected chi connectivity index (χ2v) is 6.43. The van der Waals surface area contributed by atoms with E-state index in [9.17, 15) is 4.79 Å². The molecule has 7 heteroatoms. The normalized spacial score (nSPS) is 17.1. The smallest absolute Gasteiger partial charge is 0.351 e. The molecule has 0 unspecified atom stereocenters. The summed E-state index contributed by atoms with van der Waals surface area (Å²) in [5, 5.41) is 0.730. The Morgan fingerprint density at radius 1 is 1.59 bits per heavy atom. The van der Waals surface area contributed by atoms with Crippen LogP contribution in [0.3, 0.4) is 0 Å². The molecule has 2 rings (SSSR count). The van der Waals surface area contributed by atoms with Gasteiger partial charge in [0.05, 0.1) is 7.11 Å². The lowest BCUT2D eigenvalue weighted by molar-refractivity contribution is 0.0606. The molecular weight excluding hydrogens is 282 g/mol. The molecule has 0 aromatic carbocycles. The number of hydrogen-bond acceptors (Lipinski definition) is 6. The van der Waals surface area contributed by atoms with Crippen LogP contribution in [0.15, 0.2) is 4.34 Å². The van der Waals surface area contributed by atoms with Gasteiger partial charge in [0.15, 0.2) is 14.4 Å². The van der Waals surface area contributed by atoms with Crippen LogP contribution in [0.4, 0.5) is 0 Å². The Hall–Kier alpha value is -0.300. The van der Waals surface area contributed by atoms with Gasteiger partial charge >= 0.3 is 5.97 Å². The highest BCUT2D eigenvalue weighted by molar-refractivity contribution is 8.01. The first-order chi connectivity index (χ1) is 8.20. The van der Waals surface area contributed by atoms with Crippen molar-refractivity contribution < 1.29 is 14.3 Å². The summed E-state index contributed by atoms with van der Waals surface area (Å²) in [6.45, 7) is 1.58. The van der Waals surface area contributed by atoms with Crippen LogP contribution in [0.2, 0.25) is 5.15 Å². The number of ether oxygens (including phenoxy) is 2. The number of nitrogens with zero attached hydrogens (tertiary/aromatic N) is 1. The van der Waals surface area contributed by atoms with Gasteiger partial charge in [0.2, 0.25) is 0 Å². The molecule has 0 aliphatic carbocycles. The Balaban J connectivity index is 2.03. The number of methoxy groups -OCH3 is 1. The Morgan fingerprint density at radius 2 is 2.29 bits per heavy atom.